The van der Waals surface area contributed by atoms with Crippen LogP contribution in [0.2, 0.25) is 0 Å². The van der Waals surface area contributed by atoms with Crippen LogP contribution in [0.5, 0.6) is 0 Å². The lowest BCUT2D eigenvalue weighted by atomic mass is 10.1. The van der Waals surface area contributed by atoms with E-state index in [1.54, 1.807) is 12.1 Å². The fraction of sp³-hybridized carbons (Fsp3) is 0.562. The second kappa shape index (κ2) is 14.3. The number of aromatic nitrogens is 2. The quantitative estimate of drug-likeness (QED) is 0.241. The third-order valence-electron chi connectivity index (χ3n) is 7.94. The number of hydrogen-bond acceptors (Lipinski definition) is 5. The summed E-state index contributed by atoms with van der Waals surface area (Å²) in [6.07, 6.45) is 10.9. The van der Waals surface area contributed by atoms with E-state index in [2.05, 4.69) is 23.3 Å². The SMILES string of the molecule is CCCCN(CCCC)C(=O)c1ccc2nc(Cc3ccc(S(C)(=O)=O)cc3)n(CCCN3CCCCC3)c2c1. The van der Waals surface area contributed by atoms with Gasteiger partial charge in [0, 0.05) is 37.9 Å². The third kappa shape index (κ3) is 7.94. The molecule has 218 valence electrons. The number of piperidine rings is 1. The predicted molar refractivity (Wildman–Crippen MR) is 163 cm³/mol. The molecule has 0 saturated carbocycles. The molecule has 1 amide bonds. The number of hydrogen-bond donors (Lipinski definition) is 0. The van der Waals surface area contributed by atoms with Crippen molar-refractivity contribution in [3.63, 3.8) is 0 Å². The molecule has 1 saturated heterocycles. The van der Waals surface area contributed by atoms with Gasteiger partial charge in [-0.25, -0.2) is 13.4 Å². The zero-order valence-corrected chi connectivity index (χ0v) is 25.4. The number of nitrogens with zero attached hydrogens (tertiary/aromatic N) is 4. The van der Waals surface area contributed by atoms with Gasteiger partial charge in [-0.3, -0.25) is 4.79 Å². The third-order valence-corrected chi connectivity index (χ3v) is 9.07. The lowest BCUT2D eigenvalue weighted by Crippen LogP contribution is -2.33. The summed E-state index contributed by atoms with van der Waals surface area (Å²) in [6, 6.07) is 13.0. The fourth-order valence-electron chi connectivity index (χ4n) is 5.56. The molecule has 8 heteroatoms. The van der Waals surface area contributed by atoms with Crippen molar-refractivity contribution in [2.24, 2.45) is 0 Å². The Morgan fingerprint density at radius 1 is 0.900 bits per heavy atom. The minimum atomic E-state index is -3.24. The van der Waals surface area contributed by atoms with Crippen molar-refractivity contribution < 1.29 is 13.2 Å². The first-order valence-corrected chi connectivity index (χ1v) is 17.0. The highest BCUT2D eigenvalue weighted by Gasteiger charge is 2.19. The van der Waals surface area contributed by atoms with E-state index in [1.807, 2.05) is 35.2 Å². The molecule has 0 N–H and O–H groups in total. The van der Waals surface area contributed by atoms with Crippen LogP contribution < -0.4 is 0 Å². The largest absolute Gasteiger partial charge is 0.339 e. The lowest BCUT2D eigenvalue weighted by Gasteiger charge is -2.26. The van der Waals surface area contributed by atoms with Gasteiger partial charge in [0.15, 0.2) is 9.84 Å². The van der Waals surface area contributed by atoms with Crippen molar-refractivity contribution in [1.29, 1.82) is 0 Å². The second-order valence-electron chi connectivity index (χ2n) is 11.2. The summed E-state index contributed by atoms with van der Waals surface area (Å²) < 4.78 is 26.1. The normalized spacial score (nSPS) is 14.6. The molecule has 0 spiro atoms. The fourth-order valence-corrected chi connectivity index (χ4v) is 6.19. The Hall–Kier alpha value is -2.71. The number of carbonyl (C=O) groups excluding carboxylic acids is 1. The topological polar surface area (TPSA) is 75.5 Å². The molecule has 2 aromatic carbocycles. The van der Waals surface area contributed by atoms with Gasteiger partial charge >= 0.3 is 0 Å². The number of unbranched alkanes of at least 4 members (excludes halogenated alkanes) is 2. The molecule has 1 aliphatic rings. The van der Waals surface area contributed by atoms with E-state index < -0.39 is 9.84 Å². The van der Waals surface area contributed by atoms with Crippen molar-refractivity contribution >= 4 is 26.8 Å². The van der Waals surface area contributed by atoms with Crippen LogP contribution in [0.4, 0.5) is 0 Å². The molecule has 0 atom stereocenters. The number of likely N-dealkylation sites (tertiary alicyclic amines) is 1. The van der Waals surface area contributed by atoms with E-state index in [0.29, 0.717) is 11.3 Å². The van der Waals surface area contributed by atoms with Crippen LogP contribution in [0.25, 0.3) is 11.0 Å². The highest BCUT2D eigenvalue weighted by Crippen LogP contribution is 2.23. The average molecular weight is 567 g/mol. The highest BCUT2D eigenvalue weighted by molar-refractivity contribution is 7.90. The lowest BCUT2D eigenvalue weighted by molar-refractivity contribution is 0.0751. The Balaban J connectivity index is 1.62. The van der Waals surface area contributed by atoms with Gasteiger partial charge < -0.3 is 14.4 Å². The predicted octanol–water partition coefficient (Wildman–Crippen LogP) is 5.95. The first-order valence-electron chi connectivity index (χ1n) is 15.1. The number of imidazole rings is 1. The molecule has 7 nitrogen and oxygen atoms in total. The van der Waals surface area contributed by atoms with Gasteiger partial charge in [0.2, 0.25) is 0 Å². The molecule has 0 unspecified atom stereocenters. The minimum Gasteiger partial charge on any atom is -0.339 e. The number of carbonyl (C=O) groups is 1. The Morgan fingerprint density at radius 3 is 2.20 bits per heavy atom. The van der Waals surface area contributed by atoms with E-state index in [4.69, 9.17) is 4.98 Å². The molecular formula is C32H46N4O3S. The van der Waals surface area contributed by atoms with E-state index in [1.165, 1.54) is 38.6 Å². The smallest absolute Gasteiger partial charge is 0.253 e. The Kier molecular flexibility index (Phi) is 10.8. The highest BCUT2D eigenvalue weighted by atomic mass is 32.2. The summed E-state index contributed by atoms with van der Waals surface area (Å²) in [5, 5.41) is 0. The second-order valence-corrected chi connectivity index (χ2v) is 13.2. The van der Waals surface area contributed by atoms with E-state index >= 15 is 0 Å². The maximum atomic E-state index is 13.6. The summed E-state index contributed by atoms with van der Waals surface area (Å²) in [5.74, 6) is 1.04. The number of benzene rings is 2. The molecule has 40 heavy (non-hydrogen) atoms. The number of sulfone groups is 1. The van der Waals surface area contributed by atoms with Gasteiger partial charge in [-0.2, -0.15) is 0 Å². The minimum absolute atomic E-state index is 0.0998. The van der Waals surface area contributed by atoms with Gasteiger partial charge in [0.1, 0.15) is 5.82 Å². The number of fused-ring (bicyclic) bond motifs is 1. The van der Waals surface area contributed by atoms with Crippen LogP contribution in [0.3, 0.4) is 0 Å². The van der Waals surface area contributed by atoms with Gasteiger partial charge in [-0.05, 0) is 87.6 Å². The Labute approximate surface area is 240 Å². The summed E-state index contributed by atoms with van der Waals surface area (Å²) in [7, 11) is -3.24. The van der Waals surface area contributed by atoms with Crippen molar-refractivity contribution in [1.82, 2.24) is 19.4 Å². The molecule has 2 heterocycles. The van der Waals surface area contributed by atoms with Crippen molar-refractivity contribution in [3.8, 4) is 0 Å². The monoisotopic (exact) mass is 566 g/mol. The summed E-state index contributed by atoms with van der Waals surface area (Å²) in [6.45, 7) is 10.1. The van der Waals surface area contributed by atoms with Crippen molar-refractivity contribution in [2.75, 3.05) is 39.0 Å². The van der Waals surface area contributed by atoms with Crippen molar-refractivity contribution in [3.05, 3.63) is 59.4 Å². The Morgan fingerprint density at radius 2 is 1.57 bits per heavy atom. The van der Waals surface area contributed by atoms with Crippen LogP contribution >= 0.6 is 0 Å². The zero-order chi connectivity index (χ0) is 28.5. The molecule has 1 aromatic heterocycles. The van der Waals surface area contributed by atoms with Crippen LogP contribution in [0.1, 0.15) is 87.0 Å². The molecular weight excluding hydrogens is 520 g/mol. The molecule has 4 rings (SSSR count). The molecule has 1 fully saturated rings. The molecule has 3 aromatic rings. The molecule has 0 radical (unpaired) electrons. The van der Waals surface area contributed by atoms with Crippen LogP contribution in [0, 0.1) is 0 Å². The number of rotatable bonds is 14. The van der Waals surface area contributed by atoms with Gasteiger partial charge in [0.25, 0.3) is 5.91 Å². The molecule has 0 bridgehead atoms. The number of amides is 1. The summed E-state index contributed by atoms with van der Waals surface area (Å²) in [4.78, 5) is 23.5. The van der Waals surface area contributed by atoms with Gasteiger partial charge in [-0.1, -0.05) is 45.2 Å². The van der Waals surface area contributed by atoms with Crippen LogP contribution in [0.15, 0.2) is 47.4 Å². The number of aryl methyl sites for hydroxylation is 1. The molecule has 0 aliphatic carbocycles. The molecule has 1 aliphatic heterocycles. The van der Waals surface area contributed by atoms with E-state index in [9.17, 15) is 13.2 Å². The summed E-state index contributed by atoms with van der Waals surface area (Å²) >= 11 is 0. The van der Waals surface area contributed by atoms with E-state index in [-0.39, 0.29) is 5.91 Å². The van der Waals surface area contributed by atoms with Gasteiger partial charge in [0.05, 0.1) is 15.9 Å². The standard InChI is InChI=1S/C32H46N4O3S/c1-4-6-21-35(22-7-5-2)32(37)27-14-17-29-30(25-27)36(23-11-20-34-18-9-8-10-19-34)31(33-29)24-26-12-15-28(16-13-26)40(3,38)39/h12-17,25H,4-11,18-24H2,1-3H3. The van der Waals surface area contributed by atoms with Crippen LogP contribution in [-0.2, 0) is 22.8 Å². The Bertz CT molecular complexity index is 1350. The van der Waals surface area contributed by atoms with Crippen LogP contribution in [-0.4, -0.2) is 72.7 Å². The zero-order valence-electron chi connectivity index (χ0n) is 24.6. The first kappa shape index (κ1) is 30.3. The van der Waals surface area contributed by atoms with Crippen molar-refractivity contribution in [2.45, 2.75) is 83.1 Å². The maximum Gasteiger partial charge on any atom is 0.253 e. The summed E-state index contributed by atoms with van der Waals surface area (Å²) in [5.41, 5.74) is 3.63. The average Bonchev–Trinajstić information content (AvgIpc) is 3.29. The van der Waals surface area contributed by atoms with E-state index in [0.717, 1.165) is 86.3 Å². The van der Waals surface area contributed by atoms with Gasteiger partial charge in [-0.15, -0.1) is 0 Å². The maximum absolute atomic E-state index is 13.6. The first-order chi connectivity index (χ1) is 19.3.